The molecule has 0 aliphatic carbocycles. The molecule has 1 unspecified atom stereocenters. The predicted molar refractivity (Wildman–Crippen MR) is 119 cm³/mol. The minimum atomic E-state index is -3.82. The van der Waals surface area contributed by atoms with Gasteiger partial charge in [0.25, 0.3) is 10.0 Å². The highest BCUT2D eigenvalue weighted by molar-refractivity contribution is 8.39. The number of nitrogens with zero attached hydrogens (tertiary/aromatic N) is 3. The Kier molecular flexibility index (Phi) is 7.14. The van der Waals surface area contributed by atoms with Crippen LogP contribution in [0, 0.1) is 6.92 Å². The van der Waals surface area contributed by atoms with Crippen LogP contribution in [0.4, 0.5) is 11.6 Å². The first kappa shape index (κ1) is 21.6. The lowest BCUT2D eigenvalue weighted by Crippen LogP contribution is -2.25. The molecule has 2 aromatic rings. The summed E-state index contributed by atoms with van der Waals surface area (Å²) in [7, 11) is -3.82. The summed E-state index contributed by atoms with van der Waals surface area (Å²) in [5.74, 6) is 0.838. The van der Waals surface area contributed by atoms with Gasteiger partial charge >= 0.3 is 0 Å². The van der Waals surface area contributed by atoms with Crippen molar-refractivity contribution in [2.75, 3.05) is 22.3 Å². The molecule has 0 saturated carbocycles. The Balaban J connectivity index is 1.65. The summed E-state index contributed by atoms with van der Waals surface area (Å²) in [6, 6.07) is 7.65. The van der Waals surface area contributed by atoms with Crippen molar-refractivity contribution in [2.45, 2.75) is 30.4 Å². The second-order valence-electron chi connectivity index (χ2n) is 6.15. The number of anilines is 2. The van der Waals surface area contributed by atoms with E-state index in [0.29, 0.717) is 17.8 Å². The van der Waals surface area contributed by atoms with Crippen molar-refractivity contribution in [3.8, 4) is 0 Å². The van der Waals surface area contributed by atoms with Crippen LogP contribution in [0.3, 0.4) is 0 Å². The van der Waals surface area contributed by atoms with Crippen LogP contribution < -0.4 is 10.0 Å². The van der Waals surface area contributed by atoms with E-state index in [1.54, 1.807) is 36.9 Å². The van der Waals surface area contributed by atoms with Gasteiger partial charge in [0.2, 0.25) is 11.9 Å². The topological polar surface area (TPSA) is 113 Å². The lowest BCUT2D eigenvalue weighted by atomic mass is 10.3. The third kappa shape index (κ3) is 5.94. The third-order valence-electron chi connectivity index (χ3n) is 3.92. The molecule has 2 N–H and O–H groups in total. The maximum absolute atomic E-state index is 12.5. The van der Waals surface area contributed by atoms with Gasteiger partial charge in [0, 0.05) is 23.3 Å². The van der Waals surface area contributed by atoms with Crippen molar-refractivity contribution >= 4 is 55.5 Å². The fourth-order valence-corrected chi connectivity index (χ4v) is 5.55. The molecule has 0 saturated heterocycles. The molecule has 0 bridgehead atoms. The normalized spacial score (nSPS) is 14.9. The SMILES string of the molecule is CCC(SC1=NCCS1)C(=O)Nc1ccc(S(=O)(=O)Nc2nccc(C)n2)cc1. The number of amides is 1. The maximum atomic E-state index is 12.5. The van der Waals surface area contributed by atoms with E-state index in [1.165, 1.54) is 30.1 Å². The van der Waals surface area contributed by atoms with E-state index in [9.17, 15) is 13.2 Å². The molecule has 1 amide bonds. The van der Waals surface area contributed by atoms with Crippen LogP contribution in [-0.2, 0) is 14.8 Å². The molecule has 1 aromatic heterocycles. The minimum Gasteiger partial charge on any atom is -0.325 e. The van der Waals surface area contributed by atoms with Crippen LogP contribution in [0.5, 0.6) is 0 Å². The van der Waals surface area contributed by atoms with Crippen molar-refractivity contribution in [3.05, 3.63) is 42.2 Å². The average Bonchev–Trinajstić information content (AvgIpc) is 3.19. The van der Waals surface area contributed by atoms with E-state index in [4.69, 9.17) is 0 Å². The number of benzene rings is 1. The molecule has 1 aromatic carbocycles. The number of thioether (sulfide) groups is 2. The molecule has 11 heteroatoms. The zero-order valence-corrected chi connectivity index (χ0v) is 18.4. The van der Waals surface area contributed by atoms with Gasteiger partial charge < -0.3 is 5.32 Å². The molecule has 1 atom stereocenters. The molecule has 3 rings (SSSR count). The molecule has 0 radical (unpaired) electrons. The quantitative estimate of drug-likeness (QED) is 0.665. The number of rotatable bonds is 7. The smallest absolute Gasteiger partial charge is 0.264 e. The summed E-state index contributed by atoms with van der Waals surface area (Å²) in [6.45, 7) is 4.49. The number of hydrogen-bond acceptors (Lipinski definition) is 8. The largest absolute Gasteiger partial charge is 0.325 e. The minimum absolute atomic E-state index is 0.0119. The number of nitrogens with one attached hydrogen (secondary N) is 2. The highest BCUT2D eigenvalue weighted by Crippen LogP contribution is 2.28. The van der Waals surface area contributed by atoms with Crippen LogP contribution in [0.1, 0.15) is 19.0 Å². The van der Waals surface area contributed by atoms with Gasteiger partial charge in [0.15, 0.2) is 0 Å². The van der Waals surface area contributed by atoms with E-state index in [2.05, 4.69) is 25.0 Å². The van der Waals surface area contributed by atoms with Gasteiger partial charge in [0.05, 0.1) is 16.7 Å². The zero-order valence-electron chi connectivity index (χ0n) is 16.0. The third-order valence-corrected chi connectivity index (χ3v) is 7.83. The first-order valence-electron chi connectivity index (χ1n) is 8.94. The number of carbonyl (C=O) groups excluding carboxylic acids is 1. The van der Waals surface area contributed by atoms with Crippen LogP contribution in [0.2, 0.25) is 0 Å². The van der Waals surface area contributed by atoms with Gasteiger partial charge in [-0.15, -0.1) is 0 Å². The highest BCUT2D eigenvalue weighted by Gasteiger charge is 2.22. The maximum Gasteiger partial charge on any atom is 0.264 e. The van der Waals surface area contributed by atoms with Gasteiger partial charge in [-0.3, -0.25) is 9.79 Å². The summed E-state index contributed by atoms with van der Waals surface area (Å²) in [5, 5.41) is 2.59. The Labute approximate surface area is 178 Å². The van der Waals surface area contributed by atoms with Gasteiger partial charge in [-0.1, -0.05) is 30.4 Å². The molecule has 1 aliphatic rings. The molecule has 2 heterocycles. The van der Waals surface area contributed by atoms with E-state index in [1.807, 2.05) is 6.92 Å². The molecule has 29 heavy (non-hydrogen) atoms. The summed E-state index contributed by atoms with van der Waals surface area (Å²) in [5.41, 5.74) is 1.18. The van der Waals surface area contributed by atoms with E-state index in [0.717, 1.165) is 16.7 Å². The number of sulfonamides is 1. The Morgan fingerprint density at radius 3 is 2.66 bits per heavy atom. The molecule has 0 spiro atoms. The lowest BCUT2D eigenvalue weighted by molar-refractivity contribution is -0.115. The molecular weight excluding hydrogens is 430 g/mol. The van der Waals surface area contributed by atoms with E-state index < -0.39 is 10.0 Å². The van der Waals surface area contributed by atoms with Gasteiger partial charge in [-0.25, -0.2) is 23.1 Å². The standard InChI is InChI=1S/C18H21N5O3S3/c1-3-15(28-18-20-10-11-27-18)16(24)22-13-4-6-14(7-5-13)29(25,26)23-17-19-9-8-12(2)21-17/h4-9,15H,3,10-11H2,1-2H3,(H,22,24)(H,19,21,23). The molecule has 1 aliphatic heterocycles. The number of carbonyl (C=O) groups is 1. The summed E-state index contributed by atoms with van der Waals surface area (Å²) in [4.78, 5) is 24.9. The van der Waals surface area contributed by atoms with E-state index in [-0.39, 0.29) is 22.0 Å². The molecule has 0 fully saturated rings. The first-order chi connectivity index (χ1) is 13.9. The predicted octanol–water partition coefficient (Wildman–Crippen LogP) is 3.14. The van der Waals surface area contributed by atoms with Gasteiger partial charge in [-0.2, -0.15) is 0 Å². The molecular formula is C18H21N5O3S3. The second-order valence-corrected chi connectivity index (χ2v) is 10.4. The second kappa shape index (κ2) is 9.59. The van der Waals surface area contributed by atoms with Crippen LogP contribution in [0.25, 0.3) is 0 Å². The molecule has 154 valence electrons. The number of aromatic nitrogens is 2. The van der Waals surface area contributed by atoms with Crippen molar-refractivity contribution < 1.29 is 13.2 Å². The average molecular weight is 452 g/mol. The van der Waals surface area contributed by atoms with Crippen molar-refractivity contribution in [1.82, 2.24) is 9.97 Å². The first-order valence-corrected chi connectivity index (χ1v) is 12.3. The van der Waals surface area contributed by atoms with Gasteiger partial charge in [0.1, 0.15) is 4.38 Å². The number of aliphatic imine (C=N–C) groups is 1. The Morgan fingerprint density at radius 1 is 1.28 bits per heavy atom. The van der Waals surface area contributed by atoms with Crippen LogP contribution in [-0.4, -0.2) is 46.2 Å². The van der Waals surface area contributed by atoms with Crippen molar-refractivity contribution in [2.24, 2.45) is 4.99 Å². The zero-order chi connectivity index (χ0) is 20.9. The monoisotopic (exact) mass is 451 g/mol. The Bertz CT molecular complexity index is 1010. The fourth-order valence-electron chi connectivity index (χ4n) is 2.45. The lowest BCUT2D eigenvalue weighted by Gasteiger charge is -2.14. The van der Waals surface area contributed by atoms with Crippen LogP contribution in [0.15, 0.2) is 46.4 Å². The summed E-state index contributed by atoms with van der Waals surface area (Å²) in [6.07, 6.45) is 2.15. The van der Waals surface area contributed by atoms with Crippen LogP contribution >= 0.6 is 23.5 Å². The van der Waals surface area contributed by atoms with Crippen molar-refractivity contribution in [1.29, 1.82) is 0 Å². The number of aryl methyl sites for hydroxylation is 1. The Hall–Kier alpha value is -2.11. The van der Waals surface area contributed by atoms with E-state index >= 15 is 0 Å². The number of hydrogen-bond donors (Lipinski definition) is 2. The van der Waals surface area contributed by atoms with Gasteiger partial charge in [-0.05, 0) is 43.7 Å². The highest BCUT2D eigenvalue weighted by atomic mass is 32.2. The molecule has 8 nitrogen and oxygen atoms in total. The fraction of sp³-hybridized carbons (Fsp3) is 0.333. The van der Waals surface area contributed by atoms with Crippen molar-refractivity contribution in [3.63, 3.8) is 0 Å². The summed E-state index contributed by atoms with van der Waals surface area (Å²) < 4.78 is 28.3. The summed E-state index contributed by atoms with van der Waals surface area (Å²) >= 11 is 3.14. The Morgan fingerprint density at radius 2 is 2.03 bits per heavy atom.